The van der Waals surface area contributed by atoms with E-state index < -0.39 is 5.97 Å². The van der Waals surface area contributed by atoms with Gasteiger partial charge in [0.1, 0.15) is 23.4 Å². The van der Waals surface area contributed by atoms with Gasteiger partial charge in [0.2, 0.25) is 0 Å². The van der Waals surface area contributed by atoms with Crippen LogP contribution in [0.4, 0.5) is 0 Å². The molecule has 3 saturated carbocycles. The lowest BCUT2D eigenvalue weighted by Crippen LogP contribution is -2.51. The molecular weight excluding hydrogens is 817 g/mol. The molecule has 0 aliphatic heterocycles. The minimum Gasteiger partial charge on any atom is -0.494 e. The summed E-state index contributed by atoms with van der Waals surface area (Å²) in [6.45, 7) is 16.0. The van der Waals surface area contributed by atoms with Crippen LogP contribution in [-0.2, 0) is 9.53 Å². The van der Waals surface area contributed by atoms with E-state index in [1.54, 1.807) is 17.7 Å². The predicted molar refractivity (Wildman–Crippen MR) is 269 cm³/mol. The van der Waals surface area contributed by atoms with Crippen LogP contribution in [0.15, 0.2) is 84.4 Å². The molecule has 4 aliphatic carbocycles. The third kappa shape index (κ3) is 12.7. The molecule has 0 spiro atoms. The van der Waals surface area contributed by atoms with Gasteiger partial charge in [0, 0.05) is 12.8 Å². The van der Waals surface area contributed by atoms with Crippen molar-refractivity contribution in [1.29, 1.82) is 0 Å². The average Bonchev–Trinajstić information content (AvgIpc) is 3.68. The SMILES string of the molecule is CCCCCCCCCOc1ccc(C(=O)Oc2ccc(-c3ccc(OCCCCC(=O)O[C@H]4CC[C@@]5(C)C(=CC[C@H]6[C@@H]7CC[C@H]([C@H](C)CCCC(C)C)[C@@]7(C)CC[C@@H]65)C4)cc3)cc2)cc1. The van der Waals surface area contributed by atoms with Crippen molar-refractivity contribution in [3.8, 4) is 28.4 Å². The van der Waals surface area contributed by atoms with Crippen molar-refractivity contribution >= 4 is 11.9 Å². The number of ether oxygens (including phenoxy) is 4. The summed E-state index contributed by atoms with van der Waals surface area (Å²) in [5.74, 6) is 6.63. The Hall–Kier alpha value is -4.06. The number of allylic oxidation sites excluding steroid dienone is 1. The van der Waals surface area contributed by atoms with Gasteiger partial charge in [-0.25, -0.2) is 4.79 Å². The molecule has 0 aromatic heterocycles. The highest BCUT2D eigenvalue weighted by molar-refractivity contribution is 5.91. The number of rotatable bonds is 24. The molecule has 3 aromatic rings. The monoisotopic (exact) mass is 901 g/mol. The number of hydrogen-bond donors (Lipinski definition) is 0. The van der Waals surface area contributed by atoms with Gasteiger partial charge >= 0.3 is 11.9 Å². The molecule has 0 heterocycles. The Kier molecular flexibility index (Phi) is 18.0. The second-order valence-corrected chi connectivity index (χ2v) is 21.9. The van der Waals surface area contributed by atoms with E-state index in [1.165, 1.54) is 89.9 Å². The van der Waals surface area contributed by atoms with Gasteiger partial charge < -0.3 is 18.9 Å². The van der Waals surface area contributed by atoms with E-state index >= 15 is 0 Å². The maximum atomic E-state index is 13.0. The van der Waals surface area contributed by atoms with E-state index in [-0.39, 0.29) is 17.5 Å². The number of benzene rings is 3. The van der Waals surface area contributed by atoms with Crippen LogP contribution in [0.3, 0.4) is 0 Å². The van der Waals surface area contributed by atoms with Crippen LogP contribution < -0.4 is 14.2 Å². The van der Waals surface area contributed by atoms with Crippen molar-refractivity contribution in [2.24, 2.45) is 46.3 Å². The molecule has 0 unspecified atom stereocenters. The van der Waals surface area contributed by atoms with Crippen LogP contribution in [0.2, 0.25) is 0 Å². The summed E-state index contributed by atoms with van der Waals surface area (Å²) in [5, 5.41) is 0. The fourth-order valence-electron chi connectivity index (χ4n) is 13.1. The van der Waals surface area contributed by atoms with Gasteiger partial charge in [-0.05, 0) is 170 Å². The third-order valence-electron chi connectivity index (χ3n) is 17.0. The standard InChI is InChI=1S/C60H84O6/c1-7-8-9-10-11-12-14-40-63-50-29-24-47(25-30-50)58(62)66-51-31-22-46(23-32-51)45-20-27-49(28-21-45)64-41-15-13-19-57(61)65-52-36-38-59(5)48(42-52)26-33-53-55-35-34-54(44(4)18-16-17-43(2)3)60(55,6)39-37-56(53)59/h20-32,43-44,52-56H,7-19,33-42H2,1-6H3/t44-,52+,53+,54-,55+,56+,59+,60-/m1/s1. The van der Waals surface area contributed by atoms with Crippen LogP contribution in [0.25, 0.3) is 11.1 Å². The highest BCUT2D eigenvalue weighted by Gasteiger charge is 2.59. The minimum atomic E-state index is -0.396. The van der Waals surface area contributed by atoms with Gasteiger partial charge in [-0.15, -0.1) is 0 Å². The Balaban J connectivity index is 0.775. The van der Waals surface area contributed by atoms with E-state index in [0.717, 1.165) is 96.7 Å². The smallest absolute Gasteiger partial charge is 0.343 e. The number of carbonyl (C=O) groups excluding carboxylic acids is 2. The fraction of sp³-hybridized carbons (Fsp3) is 0.633. The minimum absolute atomic E-state index is 0.0127. The van der Waals surface area contributed by atoms with Crippen molar-refractivity contribution in [2.75, 3.05) is 13.2 Å². The topological polar surface area (TPSA) is 71.1 Å². The first-order chi connectivity index (χ1) is 32.0. The van der Waals surface area contributed by atoms with E-state index in [9.17, 15) is 9.59 Å². The molecule has 0 bridgehead atoms. The summed E-state index contributed by atoms with van der Waals surface area (Å²) in [6, 6.07) is 22.8. The van der Waals surface area contributed by atoms with E-state index in [0.29, 0.717) is 36.4 Å². The summed E-state index contributed by atoms with van der Waals surface area (Å²) in [5.41, 5.74) is 4.91. The van der Waals surface area contributed by atoms with Crippen molar-refractivity contribution in [3.05, 3.63) is 90.0 Å². The van der Waals surface area contributed by atoms with Crippen molar-refractivity contribution in [1.82, 2.24) is 0 Å². The fourth-order valence-corrected chi connectivity index (χ4v) is 13.1. The second kappa shape index (κ2) is 23.8. The Morgan fingerprint density at radius 1 is 0.652 bits per heavy atom. The molecule has 66 heavy (non-hydrogen) atoms. The Morgan fingerprint density at radius 2 is 1.27 bits per heavy atom. The zero-order valence-corrected chi connectivity index (χ0v) is 41.8. The normalized spacial score (nSPS) is 26.1. The van der Waals surface area contributed by atoms with Crippen molar-refractivity contribution in [2.45, 2.75) is 182 Å². The average molecular weight is 901 g/mol. The lowest BCUT2D eigenvalue weighted by molar-refractivity contribution is -0.151. The van der Waals surface area contributed by atoms with Crippen LogP contribution in [0.5, 0.6) is 17.2 Å². The van der Waals surface area contributed by atoms with Gasteiger partial charge in [-0.2, -0.15) is 0 Å². The molecule has 6 nitrogen and oxygen atoms in total. The van der Waals surface area contributed by atoms with Crippen molar-refractivity contribution in [3.63, 3.8) is 0 Å². The van der Waals surface area contributed by atoms with E-state index in [2.05, 4.69) is 47.6 Å². The summed E-state index contributed by atoms with van der Waals surface area (Å²) in [4.78, 5) is 25.9. The Bertz CT molecular complexity index is 2000. The molecular formula is C60H84O6. The first-order valence-corrected chi connectivity index (χ1v) is 26.6. The van der Waals surface area contributed by atoms with E-state index in [4.69, 9.17) is 18.9 Å². The van der Waals surface area contributed by atoms with Gasteiger partial charge in [0.25, 0.3) is 0 Å². The zero-order valence-electron chi connectivity index (χ0n) is 41.8. The van der Waals surface area contributed by atoms with Gasteiger partial charge in [-0.3, -0.25) is 4.79 Å². The molecule has 4 aliphatic rings. The molecule has 3 aromatic carbocycles. The molecule has 6 heteroatoms. The summed E-state index contributed by atoms with van der Waals surface area (Å²) in [7, 11) is 0. The summed E-state index contributed by atoms with van der Waals surface area (Å²) < 4.78 is 23.7. The maximum absolute atomic E-state index is 13.0. The number of unbranched alkanes of at least 4 members (excludes halogenated alkanes) is 7. The molecule has 360 valence electrons. The Morgan fingerprint density at radius 3 is 1.94 bits per heavy atom. The summed E-state index contributed by atoms with van der Waals surface area (Å²) >= 11 is 0. The van der Waals surface area contributed by atoms with E-state index in [1.807, 2.05) is 60.7 Å². The molecule has 0 radical (unpaired) electrons. The maximum Gasteiger partial charge on any atom is 0.343 e. The first kappa shape index (κ1) is 49.8. The van der Waals surface area contributed by atoms with Crippen molar-refractivity contribution < 1.29 is 28.5 Å². The molecule has 0 saturated heterocycles. The number of fused-ring (bicyclic) bond motifs is 5. The van der Waals surface area contributed by atoms with Crippen LogP contribution in [0.1, 0.15) is 187 Å². The van der Waals surface area contributed by atoms with Gasteiger partial charge in [0.15, 0.2) is 0 Å². The highest BCUT2D eigenvalue weighted by Crippen LogP contribution is 2.67. The van der Waals surface area contributed by atoms with Crippen LogP contribution in [-0.4, -0.2) is 31.3 Å². The first-order valence-electron chi connectivity index (χ1n) is 26.6. The second-order valence-electron chi connectivity index (χ2n) is 21.9. The summed E-state index contributed by atoms with van der Waals surface area (Å²) in [6.07, 6.45) is 27.4. The number of hydrogen-bond acceptors (Lipinski definition) is 6. The zero-order chi connectivity index (χ0) is 46.5. The lowest BCUT2D eigenvalue weighted by Gasteiger charge is -2.58. The van der Waals surface area contributed by atoms with Crippen LogP contribution in [0, 0.1) is 46.3 Å². The number of carbonyl (C=O) groups is 2. The lowest BCUT2D eigenvalue weighted by atomic mass is 9.47. The number of esters is 2. The highest BCUT2D eigenvalue weighted by atomic mass is 16.5. The van der Waals surface area contributed by atoms with Gasteiger partial charge in [-0.1, -0.05) is 135 Å². The largest absolute Gasteiger partial charge is 0.494 e. The third-order valence-corrected chi connectivity index (χ3v) is 17.0. The van der Waals surface area contributed by atoms with Crippen LogP contribution >= 0.6 is 0 Å². The molecule has 7 rings (SSSR count). The Labute approximate surface area is 399 Å². The molecule has 3 fully saturated rings. The molecule has 8 atom stereocenters. The predicted octanol–water partition coefficient (Wildman–Crippen LogP) is 16.2. The quantitative estimate of drug-likeness (QED) is 0.0386. The molecule has 0 amide bonds. The van der Waals surface area contributed by atoms with Gasteiger partial charge in [0.05, 0.1) is 18.8 Å². The molecule has 0 N–H and O–H groups in total.